The Labute approximate surface area is 161 Å². The summed E-state index contributed by atoms with van der Waals surface area (Å²) in [6.45, 7) is 3.94. The van der Waals surface area contributed by atoms with Crippen LogP contribution in [-0.4, -0.2) is 29.7 Å². The molecule has 142 valence electrons. The van der Waals surface area contributed by atoms with Gasteiger partial charge >= 0.3 is 0 Å². The van der Waals surface area contributed by atoms with E-state index in [4.69, 9.17) is 9.47 Å². The highest BCUT2D eigenvalue weighted by molar-refractivity contribution is 5.85. The van der Waals surface area contributed by atoms with Crippen LogP contribution >= 0.6 is 0 Å². The molecule has 0 unspecified atom stereocenters. The van der Waals surface area contributed by atoms with Gasteiger partial charge in [0, 0.05) is 30.6 Å². The summed E-state index contributed by atoms with van der Waals surface area (Å²) in [5.41, 5.74) is 3.93. The second-order valence-corrected chi connectivity index (χ2v) is 7.31. The molecule has 0 bridgehead atoms. The van der Waals surface area contributed by atoms with Crippen LogP contribution in [0.25, 0.3) is 10.9 Å². The van der Waals surface area contributed by atoms with Crippen molar-refractivity contribution in [2.45, 2.75) is 32.4 Å². The van der Waals surface area contributed by atoms with Crippen LogP contribution in [0.3, 0.4) is 0 Å². The van der Waals surface area contributed by atoms with E-state index < -0.39 is 0 Å². The Kier molecular flexibility index (Phi) is 5.35. The molecule has 0 N–H and O–H groups in total. The number of para-hydroxylation sites is 1. The first-order valence-electron chi connectivity index (χ1n) is 9.80. The van der Waals surface area contributed by atoms with Crippen LogP contribution in [0.4, 0.5) is 0 Å². The first-order valence-corrected chi connectivity index (χ1v) is 9.80. The van der Waals surface area contributed by atoms with Crippen molar-refractivity contribution in [2.24, 2.45) is 7.05 Å². The van der Waals surface area contributed by atoms with E-state index in [1.54, 1.807) is 7.11 Å². The number of aryl methyl sites for hydroxylation is 1. The fourth-order valence-corrected chi connectivity index (χ4v) is 4.07. The molecule has 2 heterocycles. The molecule has 4 heteroatoms. The van der Waals surface area contributed by atoms with Gasteiger partial charge < -0.3 is 14.0 Å². The molecule has 0 aliphatic carbocycles. The molecular formula is C23H28N2O2. The molecule has 0 spiro atoms. The molecule has 4 rings (SSSR count). The van der Waals surface area contributed by atoms with Crippen molar-refractivity contribution in [1.82, 2.24) is 9.47 Å². The van der Waals surface area contributed by atoms with Crippen molar-refractivity contribution in [3.05, 3.63) is 59.8 Å². The summed E-state index contributed by atoms with van der Waals surface area (Å²) in [6, 6.07) is 16.5. The van der Waals surface area contributed by atoms with E-state index in [1.807, 2.05) is 24.3 Å². The average molecular weight is 364 g/mol. The van der Waals surface area contributed by atoms with Crippen molar-refractivity contribution in [3.8, 4) is 11.5 Å². The van der Waals surface area contributed by atoms with Gasteiger partial charge in [-0.25, -0.2) is 0 Å². The molecule has 1 fully saturated rings. The van der Waals surface area contributed by atoms with Gasteiger partial charge in [-0.05, 0) is 49.7 Å². The molecule has 3 aromatic rings. The maximum absolute atomic E-state index is 6.16. The second kappa shape index (κ2) is 8.05. The average Bonchev–Trinajstić information content (AvgIpc) is 2.99. The highest BCUT2D eigenvalue weighted by atomic mass is 16.5. The van der Waals surface area contributed by atoms with Crippen LogP contribution in [0.5, 0.6) is 11.5 Å². The Morgan fingerprint density at radius 1 is 0.926 bits per heavy atom. The van der Waals surface area contributed by atoms with Crippen LogP contribution in [0, 0.1) is 0 Å². The number of hydrogen-bond acceptors (Lipinski definition) is 3. The summed E-state index contributed by atoms with van der Waals surface area (Å²) in [4.78, 5) is 2.58. The molecule has 1 aliphatic heterocycles. The van der Waals surface area contributed by atoms with Gasteiger partial charge in [0.2, 0.25) is 0 Å². The second-order valence-electron chi connectivity index (χ2n) is 7.31. The number of likely N-dealkylation sites (tertiary alicyclic amines) is 1. The zero-order chi connectivity index (χ0) is 18.6. The summed E-state index contributed by atoms with van der Waals surface area (Å²) < 4.78 is 13.8. The van der Waals surface area contributed by atoms with Gasteiger partial charge in [0.15, 0.2) is 0 Å². The highest BCUT2D eigenvalue weighted by Crippen LogP contribution is 2.29. The van der Waals surface area contributed by atoms with E-state index in [0.29, 0.717) is 6.61 Å². The van der Waals surface area contributed by atoms with Gasteiger partial charge in [0.05, 0.1) is 12.8 Å². The van der Waals surface area contributed by atoms with Crippen LogP contribution in [0.15, 0.2) is 48.5 Å². The summed E-state index contributed by atoms with van der Waals surface area (Å²) >= 11 is 0. The van der Waals surface area contributed by atoms with Crippen molar-refractivity contribution in [1.29, 1.82) is 0 Å². The molecule has 1 saturated heterocycles. The lowest BCUT2D eigenvalue weighted by atomic mass is 10.1. The minimum atomic E-state index is 0.557. The number of piperidine rings is 1. The molecule has 0 amide bonds. The van der Waals surface area contributed by atoms with Crippen molar-refractivity contribution in [2.75, 3.05) is 20.2 Å². The van der Waals surface area contributed by atoms with E-state index >= 15 is 0 Å². The van der Waals surface area contributed by atoms with E-state index in [2.05, 4.69) is 40.8 Å². The van der Waals surface area contributed by atoms with Crippen molar-refractivity contribution < 1.29 is 9.47 Å². The summed E-state index contributed by atoms with van der Waals surface area (Å²) in [5.74, 6) is 1.65. The predicted octanol–water partition coefficient (Wildman–Crippen LogP) is 4.75. The minimum Gasteiger partial charge on any atom is -0.497 e. The number of methoxy groups -OCH3 is 1. The third kappa shape index (κ3) is 3.81. The Bertz CT molecular complexity index is 910. The SMILES string of the molecule is COc1cccc(OCc2c(CN3CCCCC3)c3ccccc3n2C)c1. The first kappa shape index (κ1) is 17.9. The lowest BCUT2D eigenvalue weighted by Crippen LogP contribution is -2.29. The van der Waals surface area contributed by atoms with Gasteiger partial charge in [0.25, 0.3) is 0 Å². The number of rotatable bonds is 6. The van der Waals surface area contributed by atoms with Crippen molar-refractivity contribution in [3.63, 3.8) is 0 Å². The van der Waals surface area contributed by atoms with Crippen LogP contribution < -0.4 is 9.47 Å². The van der Waals surface area contributed by atoms with E-state index in [9.17, 15) is 0 Å². The monoisotopic (exact) mass is 364 g/mol. The highest BCUT2D eigenvalue weighted by Gasteiger charge is 2.19. The fourth-order valence-electron chi connectivity index (χ4n) is 4.07. The zero-order valence-electron chi connectivity index (χ0n) is 16.3. The molecule has 27 heavy (non-hydrogen) atoms. The van der Waals surface area contributed by atoms with E-state index in [0.717, 1.165) is 18.0 Å². The van der Waals surface area contributed by atoms with E-state index in [1.165, 1.54) is 54.5 Å². The van der Waals surface area contributed by atoms with Gasteiger partial charge in [-0.1, -0.05) is 30.7 Å². The van der Waals surface area contributed by atoms with Gasteiger partial charge in [0.1, 0.15) is 18.1 Å². The predicted molar refractivity (Wildman–Crippen MR) is 109 cm³/mol. The first-order chi connectivity index (χ1) is 13.3. The Morgan fingerprint density at radius 2 is 1.70 bits per heavy atom. The standard InChI is InChI=1S/C23H28N2O2/c1-24-22-12-5-4-11-20(22)21(16-25-13-6-3-7-14-25)23(24)17-27-19-10-8-9-18(15-19)26-2/h4-5,8-12,15H,3,6-7,13-14,16-17H2,1-2H3. The van der Waals surface area contributed by atoms with Crippen LogP contribution in [-0.2, 0) is 20.2 Å². The smallest absolute Gasteiger partial charge is 0.129 e. The molecule has 0 radical (unpaired) electrons. The third-order valence-corrected chi connectivity index (χ3v) is 5.59. The Morgan fingerprint density at radius 3 is 2.52 bits per heavy atom. The van der Waals surface area contributed by atoms with Gasteiger partial charge in [-0.3, -0.25) is 4.90 Å². The number of hydrogen-bond donors (Lipinski definition) is 0. The summed E-state index contributed by atoms with van der Waals surface area (Å²) in [6.07, 6.45) is 3.97. The lowest BCUT2D eigenvalue weighted by Gasteiger charge is -2.26. The van der Waals surface area contributed by atoms with Crippen molar-refractivity contribution >= 4 is 10.9 Å². The number of aromatic nitrogens is 1. The van der Waals surface area contributed by atoms with Crippen LogP contribution in [0.1, 0.15) is 30.5 Å². The molecule has 1 aromatic heterocycles. The van der Waals surface area contributed by atoms with Crippen LogP contribution in [0.2, 0.25) is 0 Å². The number of benzene rings is 2. The molecule has 2 aromatic carbocycles. The summed E-state index contributed by atoms with van der Waals surface area (Å²) in [5, 5.41) is 1.34. The Hall–Kier alpha value is -2.46. The minimum absolute atomic E-state index is 0.557. The number of ether oxygens (including phenoxy) is 2. The van der Waals surface area contributed by atoms with Gasteiger partial charge in [-0.2, -0.15) is 0 Å². The fraction of sp³-hybridized carbons (Fsp3) is 0.391. The largest absolute Gasteiger partial charge is 0.497 e. The van der Waals surface area contributed by atoms with Gasteiger partial charge in [-0.15, -0.1) is 0 Å². The third-order valence-electron chi connectivity index (χ3n) is 5.59. The molecule has 1 aliphatic rings. The maximum atomic E-state index is 6.16. The topological polar surface area (TPSA) is 26.6 Å². The molecule has 4 nitrogen and oxygen atoms in total. The number of fused-ring (bicyclic) bond motifs is 1. The zero-order valence-corrected chi connectivity index (χ0v) is 16.3. The summed E-state index contributed by atoms with van der Waals surface area (Å²) in [7, 11) is 3.83. The molecular weight excluding hydrogens is 336 g/mol. The lowest BCUT2D eigenvalue weighted by molar-refractivity contribution is 0.218. The number of nitrogens with zero attached hydrogens (tertiary/aromatic N) is 2. The Balaban J connectivity index is 1.63. The quantitative estimate of drug-likeness (QED) is 0.631. The normalized spacial score (nSPS) is 15.2. The van der Waals surface area contributed by atoms with E-state index in [-0.39, 0.29) is 0 Å². The molecule has 0 atom stereocenters. The maximum Gasteiger partial charge on any atom is 0.129 e. The molecule has 0 saturated carbocycles.